The predicted octanol–water partition coefficient (Wildman–Crippen LogP) is 3.21. The van der Waals surface area contributed by atoms with Gasteiger partial charge in [-0.05, 0) is 41.5 Å². The molecule has 7 heteroatoms. The van der Waals surface area contributed by atoms with E-state index in [1.165, 1.54) is 11.3 Å². The van der Waals surface area contributed by atoms with Crippen molar-refractivity contribution in [1.29, 1.82) is 0 Å². The Hall–Kier alpha value is -2.67. The van der Waals surface area contributed by atoms with Crippen LogP contribution in [0.4, 0.5) is 10.5 Å². The Morgan fingerprint density at radius 3 is 2.56 bits per heavy atom. The second-order valence-electron chi connectivity index (χ2n) is 7.19. The summed E-state index contributed by atoms with van der Waals surface area (Å²) in [4.78, 5) is 41.9. The van der Waals surface area contributed by atoms with Crippen molar-refractivity contribution in [3.63, 3.8) is 0 Å². The van der Waals surface area contributed by atoms with Gasteiger partial charge < -0.3 is 10.2 Å². The highest BCUT2D eigenvalue weighted by Crippen LogP contribution is 2.30. The third-order valence-electron chi connectivity index (χ3n) is 5.19. The number of nitrogens with one attached hydrogen (secondary N) is 1. The number of urea groups is 1. The molecule has 0 spiro atoms. The van der Waals surface area contributed by atoms with Gasteiger partial charge in [0.2, 0.25) is 0 Å². The molecule has 0 saturated carbocycles. The lowest BCUT2D eigenvalue weighted by Crippen LogP contribution is -2.65. The number of amides is 4. The zero-order valence-electron chi connectivity index (χ0n) is 15.2. The Bertz CT molecular complexity index is 876. The van der Waals surface area contributed by atoms with Crippen LogP contribution in [-0.4, -0.2) is 41.4 Å². The van der Waals surface area contributed by atoms with Gasteiger partial charge in [0.15, 0.2) is 0 Å². The first-order valence-electron chi connectivity index (χ1n) is 9.06. The van der Waals surface area contributed by atoms with Crippen LogP contribution in [0.15, 0.2) is 41.8 Å². The molecular formula is C20H21N3O3S. The van der Waals surface area contributed by atoms with E-state index in [0.29, 0.717) is 29.4 Å². The van der Waals surface area contributed by atoms with E-state index in [1.807, 2.05) is 23.6 Å². The molecule has 2 atom stereocenters. The van der Waals surface area contributed by atoms with E-state index in [0.717, 1.165) is 10.5 Å². The van der Waals surface area contributed by atoms with Crippen molar-refractivity contribution >= 4 is 34.9 Å². The first-order valence-corrected chi connectivity index (χ1v) is 9.94. The van der Waals surface area contributed by atoms with Crippen LogP contribution in [0.5, 0.6) is 0 Å². The monoisotopic (exact) mass is 383 g/mol. The number of thiophene rings is 1. The zero-order chi connectivity index (χ0) is 19.1. The normalized spacial score (nSPS) is 22.2. The maximum atomic E-state index is 13.2. The van der Waals surface area contributed by atoms with Crippen LogP contribution < -0.4 is 10.2 Å². The third-order valence-corrected chi connectivity index (χ3v) is 6.05. The average molecular weight is 383 g/mol. The van der Waals surface area contributed by atoms with Gasteiger partial charge in [-0.25, -0.2) is 9.69 Å². The number of carbonyl (C=O) groups is 3. The molecule has 3 heterocycles. The molecule has 0 bridgehead atoms. The van der Waals surface area contributed by atoms with Gasteiger partial charge >= 0.3 is 6.03 Å². The molecular weight excluding hydrogens is 362 g/mol. The van der Waals surface area contributed by atoms with E-state index < -0.39 is 12.1 Å². The van der Waals surface area contributed by atoms with Crippen LogP contribution in [0, 0.1) is 0 Å². The summed E-state index contributed by atoms with van der Waals surface area (Å²) >= 11 is 1.36. The zero-order valence-corrected chi connectivity index (χ0v) is 16.0. The average Bonchev–Trinajstić information content (AvgIpc) is 3.31. The van der Waals surface area contributed by atoms with E-state index in [9.17, 15) is 14.4 Å². The van der Waals surface area contributed by atoms with Gasteiger partial charge in [-0.1, -0.05) is 32.0 Å². The smallest absolute Gasteiger partial charge is 0.329 e. The lowest BCUT2D eigenvalue weighted by Gasteiger charge is -2.36. The van der Waals surface area contributed by atoms with E-state index >= 15 is 0 Å². The highest BCUT2D eigenvalue weighted by molar-refractivity contribution is 7.12. The number of likely N-dealkylation sites (tertiary alicyclic amines) is 1. The highest BCUT2D eigenvalue weighted by Gasteiger charge is 2.50. The lowest BCUT2D eigenvalue weighted by molar-refractivity contribution is -0.122. The van der Waals surface area contributed by atoms with Crippen molar-refractivity contribution in [2.45, 2.75) is 38.3 Å². The largest absolute Gasteiger partial charge is 0.332 e. The van der Waals surface area contributed by atoms with Crippen molar-refractivity contribution in [2.75, 3.05) is 11.4 Å². The second kappa shape index (κ2) is 6.81. The van der Waals surface area contributed by atoms with Gasteiger partial charge in [-0.2, -0.15) is 0 Å². The Balaban J connectivity index is 1.63. The SMILES string of the molecule is CC(C)c1ccc(N2C(=O)N[C@@H]3CCN(C(=O)c4cccs4)[C@@H]3C2=O)cc1. The van der Waals surface area contributed by atoms with Crippen molar-refractivity contribution in [2.24, 2.45) is 0 Å². The summed E-state index contributed by atoms with van der Waals surface area (Å²) in [6.07, 6.45) is 0.583. The fourth-order valence-corrected chi connectivity index (χ4v) is 4.41. The Morgan fingerprint density at radius 2 is 1.93 bits per heavy atom. The molecule has 1 aromatic carbocycles. The number of nitrogens with zero attached hydrogens (tertiary/aromatic N) is 2. The first kappa shape index (κ1) is 17.7. The molecule has 0 unspecified atom stereocenters. The molecule has 2 saturated heterocycles. The molecule has 6 nitrogen and oxygen atoms in total. The molecule has 0 radical (unpaired) electrons. The number of rotatable bonds is 3. The van der Waals surface area contributed by atoms with Gasteiger partial charge in [0.05, 0.1) is 16.6 Å². The molecule has 2 aliphatic heterocycles. The Morgan fingerprint density at radius 1 is 1.19 bits per heavy atom. The van der Waals surface area contributed by atoms with Crippen molar-refractivity contribution < 1.29 is 14.4 Å². The van der Waals surface area contributed by atoms with Gasteiger partial charge in [0, 0.05) is 6.54 Å². The summed E-state index contributed by atoms with van der Waals surface area (Å²) in [5.74, 6) is -0.136. The summed E-state index contributed by atoms with van der Waals surface area (Å²) in [6, 6.07) is 9.58. The number of benzene rings is 1. The number of carbonyl (C=O) groups excluding carboxylic acids is 3. The van der Waals surface area contributed by atoms with E-state index in [2.05, 4.69) is 19.2 Å². The quantitative estimate of drug-likeness (QED) is 0.885. The molecule has 27 heavy (non-hydrogen) atoms. The minimum Gasteiger partial charge on any atom is -0.332 e. The summed E-state index contributed by atoms with van der Waals surface area (Å²) in [6.45, 7) is 4.63. The van der Waals surface area contributed by atoms with Gasteiger partial charge in [-0.3, -0.25) is 9.59 Å². The Kier molecular flexibility index (Phi) is 4.47. The number of imide groups is 1. The minimum absolute atomic E-state index is 0.155. The van der Waals surface area contributed by atoms with E-state index in [1.54, 1.807) is 23.1 Å². The van der Waals surface area contributed by atoms with E-state index in [4.69, 9.17) is 0 Å². The number of fused-ring (bicyclic) bond motifs is 1. The van der Waals surface area contributed by atoms with Crippen LogP contribution in [0.2, 0.25) is 0 Å². The minimum atomic E-state index is -0.665. The van der Waals surface area contributed by atoms with Crippen LogP contribution in [-0.2, 0) is 4.79 Å². The van der Waals surface area contributed by atoms with Crippen molar-refractivity contribution in [3.05, 3.63) is 52.2 Å². The standard InChI is InChI=1S/C20H21N3O3S/c1-12(2)13-5-7-14(8-6-13)23-19(25)17-15(21-20(23)26)9-10-22(17)18(24)16-4-3-11-27-16/h3-8,11-12,15,17H,9-10H2,1-2H3,(H,21,26)/t15-,17+/m1/s1. The molecule has 2 aromatic rings. The van der Waals surface area contributed by atoms with Crippen molar-refractivity contribution in [3.8, 4) is 0 Å². The predicted molar refractivity (Wildman–Crippen MR) is 104 cm³/mol. The van der Waals surface area contributed by atoms with E-state index in [-0.39, 0.29) is 17.9 Å². The van der Waals surface area contributed by atoms with Crippen LogP contribution in [0.25, 0.3) is 0 Å². The van der Waals surface area contributed by atoms with Gasteiger partial charge in [0.1, 0.15) is 6.04 Å². The van der Waals surface area contributed by atoms with Gasteiger partial charge in [-0.15, -0.1) is 11.3 Å². The molecule has 140 valence electrons. The maximum absolute atomic E-state index is 13.2. The fraction of sp³-hybridized carbons (Fsp3) is 0.350. The Labute approximate surface area is 161 Å². The van der Waals surface area contributed by atoms with Crippen LogP contribution >= 0.6 is 11.3 Å². The summed E-state index contributed by atoms with van der Waals surface area (Å²) in [7, 11) is 0. The first-order chi connectivity index (χ1) is 13.0. The topological polar surface area (TPSA) is 69.7 Å². The summed E-state index contributed by atoms with van der Waals surface area (Å²) < 4.78 is 0. The highest BCUT2D eigenvalue weighted by atomic mass is 32.1. The molecule has 2 fully saturated rings. The molecule has 0 aliphatic carbocycles. The number of hydrogen-bond acceptors (Lipinski definition) is 4. The number of anilines is 1. The summed E-state index contributed by atoms with van der Waals surface area (Å²) in [5, 5.41) is 4.74. The number of hydrogen-bond donors (Lipinski definition) is 1. The third kappa shape index (κ3) is 3.02. The van der Waals surface area contributed by atoms with Crippen molar-refractivity contribution in [1.82, 2.24) is 10.2 Å². The maximum Gasteiger partial charge on any atom is 0.329 e. The molecule has 1 N–H and O–H groups in total. The summed E-state index contributed by atoms with van der Waals surface area (Å²) in [5.41, 5.74) is 1.66. The van der Waals surface area contributed by atoms with Gasteiger partial charge in [0.25, 0.3) is 11.8 Å². The molecule has 2 aliphatic rings. The molecule has 4 rings (SSSR count). The van der Waals surface area contributed by atoms with Crippen LogP contribution in [0.3, 0.4) is 0 Å². The molecule has 1 aromatic heterocycles. The lowest BCUT2D eigenvalue weighted by atomic mass is 10.0. The van der Waals surface area contributed by atoms with Crippen LogP contribution in [0.1, 0.15) is 41.4 Å². The molecule has 4 amide bonds. The fourth-order valence-electron chi connectivity index (χ4n) is 3.73. The second-order valence-corrected chi connectivity index (χ2v) is 8.13.